The van der Waals surface area contributed by atoms with E-state index in [0.717, 1.165) is 72.4 Å². The molecule has 2 unspecified atom stereocenters. The molecule has 4 aliphatic heterocycles. The third kappa shape index (κ3) is 8.83. The van der Waals surface area contributed by atoms with Gasteiger partial charge in [-0.25, -0.2) is 19.4 Å². The van der Waals surface area contributed by atoms with E-state index in [1.165, 1.54) is 17.3 Å². The third-order valence-corrected chi connectivity index (χ3v) is 15.2. The SMILES string of the molecule is C=C(N/C=C(\C)c1ccc(C)cn1)[C@H]1Cc2c([nH]c3ccccc23)C(C2=NN(CC)C(=O)C2)(c2noc(C)n2)N1.C=C1OC(C2(c3cnn(C)c3)N[C@@H](c3ncc(-c4ccc(F)cn4)[nH]3)Cc3c2[nH]c2ccccc32)=NN1C(C)C. The van der Waals surface area contributed by atoms with Gasteiger partial charge in [-0.2, -0.15) is 15.2 Å². The second-order valence-corrected chi connectivity index (χ2v) is 20.8. The van der Waals surface area contributed by atoms with Gasteiger partial charge in [0.15, 0.2) is 11.1 Å². The summed E-state index contributed by atoms with van der Waals surface area (Å²) in [5.41, 5.74) is 10.4. The van der Waals surface area contributed by atoms with Crippen LogP contribution in [0.4, 0.5) is 4.39 Å². The number of ether oxygens (including phenoxy) is 1. The number of fused-ring (bicyclic) bond motifs is 6. The zero-order valence-corrected chi connectivity index (χ0v) is 45.4. The highest BCUT2D eigenvalue weighted by Gasteiger charge is 2.55. The van der Waals surface area contributed by atoms with Gasteiger partial charge < -0.3 is 29.5 Å². The number of benzene rings is 2. The molecule has 2 aromatic carbocycles. The lowest BCUT2D eigenvalue weighted by atomic mass is 9.78. The number of amides is 1. The van der Waals surface area contributed by atoms with E-state index in [-0.39, 0.29) is 36.3 Å². The van der Waals surface area contributed by atoms with E-state index >= 15 is 0 Å². The van der Waals surface area contributed by atoms with Crippen molar-refractivity contribution >= 4 is 44.9 Å². The number of hydrogen-bond donors (Lipinski definition) is 6. The van der Waals surface area contributed by atoms with Gasteiger partial charge >= 0.3 is 0 Å². The highest BCUT2D eigenvalue weighted by atomic mass is 19.1. The van der Waals surface area contributed by atoms with Crippen molar-refractivity contribution in [1.29, 1.82) is 0 Å². The molecule has 0 saturated heterocycles. The molecule has 0 saturated carbocycles. The van der Waals surface area contributed by atoms with Gasteiger partial charge in [0.25, 0.3) is 0 Å². The number of nitrogens with one attached hydrogen (secondary N) is 6. The number of aromatic amines is 3. The average Bonchev–Trinajstić information content (AvgIpc) is 4.38. The first-order valence-electron chi connectivity index (χ1n) is 26.5. The van der Waals surface area contributed by atoms with Crippen LogP contribution >= 0.6 is 0 Å². The van der Waals surface area contributed by atoms with Crippen LogP contribution in [0.1, 0.15) is 97.0 Å². The predicted molar refractivity (Wildman–Crippen MR) is 301 cm³/mol. The first-order valence-corrected chi connectivity index (χ1v) is 26.5. The van der Waals surface area contributed by atoms with Crippen molar-refractivity contribution in [3.05, 3.63) is 197 Å². The van der Waals surface area contributed by atoms with Crippen LogP contribution in [0.2, 0.25) is 0 Å². The molecule has 80 heavy (non-hydrogen) atoms. The number of para-hydroxylation sites is 2. The number of halogens is 1. The molecule has 7 aromatic heterocycles. The van der Waals surface area contributed by atoms with Crippen molar-refractivity contribution in [2.75, 3.05) is 6.54 Å². The van der Waals surface area contributed by atoms with Gasteiger partial charge in [0.2, 0.25) is 29.4 Å². The molecule has 4 aliphatic rings. The minimum absolute atomic E-state index is 0.0494. The Kier molecular flexibility index (Phi) is 13.0. The van der Waals surface area contributed by atoms with Gasteiger partial charge in [-0.05, 0) is 107 Å². The molecule has 0 bridgehead atoms. The first kappa shape index (κ1) is 51.4. The van der Waals surface area contributed by atoms with Crippen LogP contribution < -0.4 is 16.0 Å². The van der Waals surface area contributed by atoms with Crippen LogP contribution in [0, 0.1) is 19.7 Å². The highest BCUT2D eigenvalue weighted by Crippen LogP contribution is 2.46. The van der Waals surface area contributed by atoms with E-state index in [0.29, 0.717) is 65.8 Å². The Morgan fingerprint density at radius 1 is 0.887 bits per heavy atom. The Labute approximate surface area is 460 Å². The van der Waals surface area contributed by atoms with Gasteiger partial charge in [0.05, 0.1) is 77.3 Å². The minimum Gasteiger partial charge on any atom is -0.421 e. The lowest BCUT2D eigenvalue weighted by Gasteiger charge is -2.40. The Balaban J connectivity index is 0.000000159. The first-order chi connectivity index (χ1) is 38.6. The van der Waals surface area contributed by atoms with Crippen molar-refractivity contribution in [3.8, 4) is 11.4 Å². The Hall–Kier alpha value is -9.34. The maximum absolute atomic E-state index is 13.5. The summed E-state index contributed by atoms with van der Waals surface area (Å²) in [6.07, 6.45) is 11.9. The van der Waals surface area contributed by atoms with E-state index in [9.17, 15) is 9.18 Å². The molecule has 21 heteroatoms. The molecule has 6 N–H and O–H groups in total. The molecule has 1 amide bonds. The molecule has 0 spiro atoms. The van der Waals surface area contributed by atoms with E-state index in [2.05, 4.69) is 87.5 Å². The number of hydrazone groups is 2. The predicted octanol–water partition coefficient (Wildman–Crippen LogP) is 8.57. The topological polar surface area (TPSA) is 236 Å². The number of rotatable bonds is 12. The van der Waals surface area contributed by atoms with Crippen molar-refractivity contribution in [3.63, 3.8) is 0 Å². The molecule has 20 nitrogen and oxygen atoms in total. The summed E-state index contributed by atoms with van der Waals surface area (Å²) >= 11 is 0. The summed E-state index contributed by atoms with van der Waals surface area (Å²) in [6, 6.07) is 23.0. The summed E-state index contributed by atoms with van der Waals surface area (Å²) < 4.78 is 27.1. The average molecular weight is 1070 g/mol. The number of nitrogens with zero attached hydrogens (tertiary/aromatic N) is 11. The van der Waals surface area contributed by atoms with Crippen molar-refractivity contribution in [2.45, 2.75) is 90.0 Å². The van der Waals surface area contributed by atoms with Crippen LogP contribution in [0.3, 0.4) is 0 Å². The number of aryl methyl sites for hydroxylation is 3. The van der Waals surface area contributed by atoms with Crippen molar-refractivity contribution < 1.29 is 18.4 Å². The number of hydrogen-bond acceptors (Lipinski definition) is 15. The zero-order valence-electron chi connectivity index (χ0n) is 45.4. The smallest absolute Gasteiger partial charge is 0.248 e. The number of pyridine rings is 2. The summed E-state index contributed by atoms with van der Waals surface area (Å²) in [6.45, 7) is 20.8. The number of imidazole rings is 1. The van der Waals surface area contributed by atoms with Crippen LogP contribution in [-0.4, -0.2) is 96.0 Å². The van der Waals surface area contributed by atoms with Crippen LogP contribution in [-0.2, 0) is 40.5 Å². The van der Waals surface area contributed by atoms with Crippen LogP contribution in [0.15, 0.2) is 149 Å². The third-order valence-electron chi connectivity index (χ3n) is 15.2. The highest BCUT2D eigenvalue weighted by molar-refractivity contribution is 6.12. The van der Waals surface area contributed by atoms with E-state index < -0.39 is 11.1 Å². The monoisotopic (exact) mass is 1070 g/mol. The van der Waals surface area contributed by atoms with E-state index in [4.69, 9.17) is 24.4 Å². The second-order valence-electron chi connectivity index (χ2n) is 20.8. The maximum atomic E-state index is 13.5. The summed E-state index contributed by atoms with van der Waals surface area (Å²) in [7, 11) is 1.88. The fourth-order valence-electron chi connectivity index (χ4n) is 11.2. The summed E-state index contributed by atoms with van der Waals surface area (Å²) in [5.74, 6) is 1.98. The molecule has 0 radical (unpaired) electrons. The Morgan fingerprint density at radius 3 is 2.25 bits per heavy atom. The maximum Gasteiger partial charge on any atom is 0.248 e. The molecule has 406 valence electrons. The Bertz CT molecular complexity index is 3970. The van der Waals surface area contributed by atoms with Crippen molar-refractivity contribution in [2.24, 2.45) is 17.3 Å². The normalized spacial score (nSPS) is 20.9. The Morgan fingerprint density at radius 2 is 1.62 bits per heavy atom. The lowest BCUT2D eigenvalue weighted by Crippen LogP contribution is -2.59. The van der Waals surface area contributed by atoms with E-state index in [1.807, 2.05) is 109 Å². The molecular weight excluding hydrogens is 1010 g/mol. The summed E-state index contributed by atoms with van der Waals surface area (Å²) in [5, 5.41) is 35.1. The number of aromatic nitrogens is 10. The zero-order chi connectivity index (χ0) is 55.6. The van der Waals surface area contributed by atoms with Gasteiger partial charge in [-0.3, -0.25) is 30.1 Å². The quantitative estimate of drug-likeness (QED) is 0.0673. The van der Waals surface area contributed by atoms with E-state index in [1.54, 1.807) is 28.9 Å². The largest absolute Gasteiger partial charge is 0.421 e. The van der Waals surface area contributed by atoms with Crippen LogP contribution in [0.25, 0.3) is 38.8 Å². The minimum atomic E-state index is -1.13. The number of carbonyl (C=O) groups is 1. The van der Waals surface area contributed by atoms with Crippen molar-refractivity contribution in [1.82, 2.24) is 75.8 Å². The molecule has 0 fully saturated rings. The molecule has 4 atom stereocenters. The van der Waals surface area contributed by atoms with Gasteiger partial charge in [-0.1, -0.05) is 54.2 Å². The molecular formula is C59H60FN17O3. The van der Waals surface area contributed by atoms with Gasteiger partial charge in [0.1, 0.15) is 11.6 Å². The number of allylic oxidation sites excluding steroid dienone is 1. The van der Waals surface area contributed by atoms with Gasteiger partial charge in [-0.15, -0.1) is 5.10 Å². The van der Waals surface area contributed by atoms with Gasteiger partial charge in [0, 0.05) is 72.2 Å². The molecule has 0 aliphatic carbocycles. The summed E-state index contributed by atoms with van der Waals surface area (Å²) in [4.78, 5) is 41.8. The molecule has 9 aromatic rings. The lowest BCUT2D eigenvalue weighted by molar-refractivity contribution is -0.128. The van der Waals surface area contributed by atoms with Crippen LogP contribution in [0.5, 0.6) is 0 Å². The standard InChI is InChI=1S/C30H32N8O2.C29H28FN9O/c1-6-38-27(39)14-26(36-38)30(29-33-20(5)40-37-29)28-22(21-9-7-8-10-24(21)34-28)13-25(35-30)19(4)31-16-18(3)23-12-11-17(2)15-32-23;1-16(2)39-17(3)40-28(37-39)29(18-12-33-38(4)15-18)26-21(20-7-5-6-8-22(20)34-26)11-24(36-29)27-32-14-25(35-27)23-10-9-19(30)13-31-23/h7-12,15-16,25,31,34-35H,4,6,13-14H2,1-3,5H3;5-10,12-16,24,34,36H,3,11H2,1-2,4H3,(H,32,35)/b18-16+;/t25-,30?;24-,29?/m11/s1. The molecule has 11 heterocycles. The second kappa shape index (κ2) is 20.2. The number of carbonyl (C=O) groups excluding carboxylic acids is 1. The fourth-order valence-corrected chi connectivity index (χ4v) is 11.2. The number of H-pyrrole nitrogens is 3. The molecule has 13 rings (SSSR count). The fraction of sp³-hybridized carbons (Fsp3) is 0.271.